The maximum Gasteiger partial charge on any atom is 0.339 e. The lowest BCUT2D eigenvalue weighted by Gasteiger charge is -2.14. The summed E-state index contributed by atoms with van der Waals surface area (Å²) in [5, 5.41) is 4.61. The molecule has 0 atom stereocenters. The Hall–Kier alpha value is 0.130. The highest BCUT2D eigenvalue weighted by Gasteiger charge is 2.27. The molecule has 13 heavy (non-hydrogen) atoms. The van der Waals surface area contributed by atoms with Crippen molar-refractivity contribution in [3.8, 4) is 0 Å². The van der Waals surface area contributed by atoms with Crippen LogP contribution in [0.2, 0.25) is 0 Å². The first-order chi connectivity index (χ1) is 6.08. The summed E-state index contributed by atoms with van der Waals surface area (Å²) in [6.07, 6.45) is -0.268. The molecule has 7 heteroatoms. The molecule has 5 nitrogen and oxygen atoms in total. The van der Waals surface area contributed by atoms with E-state index >= 15 is 0 Å². The van der Waals surface area contributed by atoms with E-state index in [1.54, 1.807) is 13.8 Å². The SMILES string of the molecule is CCOP(=O)(CC(=O)SN)OCC. The van der Waals surface area contributed by atoms with Crippen LogP contribution < -0.4 is 5.14 Å². The lowest BCUT2D eigenvalue weighted by molar-refractivity contribution is -0.109. The minimum atomic E-state index is -3.24. The molecule has 0 saturated heterocycles. The van der Waals surface area contributed by atoms with Crippen LogP contribution in [0.15, 0.2) is 0 Å². The molecular weight excluding hydrogens is 213 g/mol. The molecule has 0 rings (SSSR count). The number of hydrogen-bond acceptors (Lipinski definition) is 6. The molecule has 0 aromatic carbocycles. The third kappa shape index (κ3) is 5.44. The molecule has 0 aliphatic heterocycles. The zero-order valence-corrected chi connectivity index (χ0v) is 9.40. The predicted octanol–water partition coefficient (Wildman–Crippen LogP) is 1.39. The van der Waals surface area contributed by atoms with Gasteiger partial charge in [-0.1, -0.05) is 0 Å². The van der Waals surface area contributed by atoms with Gasteiger partial charge in [-0.25, -0.2) is 0 Å². The average molecular weight is 227 g/mol. The molecule has 0 fully saturated rings. The molecular formula is C6H14NO4PS. The van der Waals surface area contributed by atoms with Crippen LogP contribution >= 0.6 is 19.5 Å². The molecule has 0 radical (unpaired) electrons. The maximum atomic E-state index is 11.6. The number of nitrogens with two attached hydrogens (primary N) is 1. The fourth-order valence-corrected chi connectivity index (χ4v) is 2.85. The molecule has 0 heterocycles. The van der Waals surface area contributed by atoms with Crippen molar-refractivity contribution in [2.45, 2.75) is 13.8 Å². The van der Waals surface area contributed by atoms with Crippen LogP contribution in [0, 0.1) is 0 Å². The Kier molecular flexibility index (Phi) is 6.63. The van der Waals surface area contributed by atoms with E-state index in [-0.39, 0.29) is 19.4 Å². The van der Waals surface area contributed by atoms with Crippen molar-refractivity contribution >= 4 is 24.7 Å². The Morgan fingerprint density at radius 2 is 1.85 bits per heavy atom. The van der Waals surface area contributed by atoms with Gasteiger partial charge in [-0.15, -0.1) is 0 Å². The summed E-state index contributed by atoms with van der Waals surface area (Å²) in [4.78, 5) is 10.9. The van der Waals surface area contributed by atoms with Crippen LogP contribution in [0.4, 0.5) is 0 Å². The second kappa shape index (κ2) is 6.56. The van der Waals surface area contributed by atoms with Crippen LogP contribution in [0.25, 0.3) is 0 Å². The molecule has 2 N–H and O–H groups in total. The van der Waals surface area contributed by atoms with Crippen LogP contribution in [-0.2, 0) is 18.4 Å². The lowest BCUT2D eigenvalue weighted by Crippen LogP contribution is -2.08. The number of hydrogen-bond donors (Lipinski definition) is 1. The van der Waals surface area contributed by atoms with E-state index in [1.807, 2.05) is 0 Å². The van der Waals surface area contributed by atoms with Crippen molar-refractivity contribution in [3.05, 3.63) is 0 Å². The Balaban J connectivity index is 4.23. The van der Waals surface area contributed by atoms with Crippen molar-refractivity contribution in [1.29, 1.82) is 0 Å². The van der Waals surface area contributed by atoms with Gasteiger partial charge in [-0.3, -0.25) is 14.5 Å². The van der Waals surface area contributed by atoms with Gasteiger partial charge < -0.3 is 9.05 Å². The molecule has 0 aliphatic carbocycles. The largest absolute Gasteiger partial charge is 0.339 e. The van der Waals surface area contributed by atoms with E-state index in [2.05, 4.69) is 0 Å². The molecule has 0 unspecified atom stereocenters. The standard InChI is InChI=1S/C6H14NO4PS/c1-3-10-12(9,11-4-2)5-6(8)13-7/h3-5,7H2,1-2H3. The quantitative estimate of drug-likeness (QED) is 0.545. The van der Waals surface area contributed by atoms with Gasteiger partial charge in [-0.05, 0) is 25.8 Å². The van der Waals surface area contributed by atoms with Crippen molar-refractivity contribution in [3.63, 3.8) is 0 Å². The molecule has 0 saturated carbocycles. The fourth-order valence-electron chi connectivity index (χ4n) is 0.717. The predicted molar refractivity (Wildman–Crippen MR) is 52.5 cm³/mol. The summed E-state index contributed by atoms with van der Waals surface area (Å²) in [6, 6.07) is 0. The number of carbonyl (C=O) groups excluding carboxylic acids is 1. The Labute approximate surface area is 82.0 Å². The van der Waals surface area contributed by atoms with Crippen LogP contribution in [0.5, 0.6) is 0 Å². The van der Waals surface area contributed by atoms with Crippen LogP contribution in [-0.4, -0.2) is 24.5 Å². The van der Waals surface area contributed by atoms with E-state index in [4.69, 9.17) is 14.2 Å². The summed E-state index contributed by atoms with van der Waals surface area (Å²) >= 11 is 0.532. The molecule has 78 valence electrons. The Morgan fingerprint density at radius 3 is 2.15 bits per heavy atom. The molecule has 0 aromatic heterocycles. The minimum absolute atomic E-state index is 0.250. The van der Waals surface area contributed by atoms with E-state index in [1.165, 1.54) is 0 Å². The summed E-state index contributed by atoms with van der Waals surface area (Å²) in [5.74, 6) is 0. The second-order valence-corrected chi connectivity index (χ2v) is 4.84. The number of carbonyl (C=O) groups is 1. The van der Waals surface area contributed by atoms with Gasteiger partial charge in [0.1, 0.15) is 6.16 Å². The van der Waals surface area contributed by atoms with E-state index in [0.29, 0.717) is 11.9 Å². The zero-order chi connectivity index (χ0) is 10.3. The van der Waals surface area contributed by atoms with Crippen LogP contribution in [0.3, 0.4) is 0 Å². The van der Waals surface area contributed by atoms with Gasteiger partial charge in [-0.2, -0.15) is 0 Å². The summed E-state index contributed by atoms with van der Waals surface area (Å²) in [6.45, 7) is 3.87. The van der Waals surface area contributed by atoms with Gasteiger partial charge in [0, 0.05) is 0 Å². The average Bonchev–Trinajstić information content (AvgIpc) is 2.04. The van der Waals surface area contributed by atoms with Crippen molar-refractivity contribution in [2.75, 3.05) is 19.4 Å². The Bertz CT molecular complexity index is 201. The van der Waals surface area contributed by atoms with Crippen molar-refractivity contribution in [1.82, 2.24) is 0 Å². The Morgan fingerprint density at radius 1 is 1.38 bits per heavy atom. The topological polar surface area (TPSA) is 78.6 Å². The van der Waals surface area contributed by atoms with E-state index < -0.39 is 12.7 Å². The van der Waals surface area contributed by atoms with Crippen molar-refractivity contribution < 1.29 is 18.4 Å². The van der Waals surface area contributed by atoms with Gasteiger partial charge in [0.2, 0.25) is 5.12 Å². The normalized spacial score (nSPS) is 11.6. The molecule has 0 aromatic rings. The van der Waals surface area contributed by atoms with E-state index in [0.717, 1.165) is 0 Å². The summed E-state index contributed by atoms with van der Waals surface area (Å²) in [7, 11) is -3.24. The van der Waals surface area contributed by atoms with Gasteiger partial charge in [0.15, 0.2) is 0 Å². The molecule has 0 spiro atoms. The molecule has 0 bridgehead atoms. The highest BCUT2D eigenvalue weighted by atomic mass is 32.2. The number of rotatable bonds is 6. The molecule has 0 aliphatic rings. The third-order valence-corrected chi connectivity index (χ3v) is 3.70. The second-order valence-electron chi connectivity index (χ2n) is 2.09. The first-order valence-electron chi connectivity index (χ1n) is 3.85. The molecule has 0 amide bonds. The summed E-state index contributed by atoms with van der Waals surface area (Å²) in [5.41, 5.74) is 0. The van der Waals surface area contributed by atoms with Gasteiger partial charge >= 0.3 is 7.60 Å². The highest BCUT2D eigenvalue weighted by Crippen LogP contribution is 2.48. The van der Waals surface area contributed by atoms with Crippen LogP contribution in [0.1, 0.15) is 13.8 Å². The smallest absolute Gasteiger partial charge is 0.309 e. The zero-order valence-electron chi connectivity index (χ0n) is 7.69. The summed E-state index contributed by atoms with van der Waals surface area (Å²) < 4.78 is 21.4. The minimum Gasteiger partial charge on any atom is -0.309 e. The van der Waals surface area contributed by atoms with Gasteiger partial charge in [0.25, 0.3) is 0 Å². The first kappa shape index (κ1) is 13.1. The lowest BCUT2D eigenvalue weighted by atomic mass is 10.9. The van der Waals surface area contributed by atoms with E-state index in [9.17, 15) is 9.36 Å². The third-order valence-electron chi connectivity index (χ3n) is 1.11. The van der Waals surface area contributed by atoms with Crippen molar-refractivity contribution in [2.24, 2.45) is 5.14 Å². The monoisotopic (exact) mass is 227 g/mol. The maximum absolute atomic E-state index is 11.6. The first-order valence-corrected chi connectivity index (χ1v) is 6.46. The fraction of sp³-hybridized carbons (Fsp3) is 0.833. The van der Waals surface area contributed by atoms with Gasteiger partial charge in [0.05, 0.1) is 13.2 Å². The highest BCUT2D eigenvalue weighted by molar-refractivity contribution is 8.12.